The van der Waals surface area contributed by atoms with E-state index in [1.165, 1.54) is 0 Å². The van der Waals surface area contributed by atoms with Crippen molar-refractivity contribution < 1.29 is 55.1 Å². The molecule has 0 saturated carbocycles. The van der Waals surface area contributed by atoms with Crippen molar-refractivity contribution in [2.45, 2.75) is 73.8 Å². The Kier molecular flexibility index (Phi) is 8.35. The van der Waals surface area contributed by atoms with Crippen LogP contribution < -0.4 is 0 Å². The molecule has 31 heavy (non-hydrogen) atoms. The second-order valence-electron chi connectivity index (χ2n) is 7.84. The fourth-order valence-electron chi connectivity index (χ4n) is 3.89. The highest BCUT2D eigenvalue weighted by Crippen LogP contribution is 2.32. The molecule has 2 fully saturated rings. The van der Waals surface area contributed by atoms with E-state index < -0.39 is 80.5 Å². The van der Waals surface area contributed by atoms with E-state index in [4.69, 9.17) is 14.2 Å². The smallest absolute Gasteiger partial charge is 0.187 e. The second kappa shape index (κ2) is 10.6. The minimum Gasteiger partial charge on any atom is -0.394 e. The van der Waals surface area contributed by atoms with Gasteiger partial charge in [-0.05, 0) is 5.56 Å². The summed E-state index contributed by atoms with van der Waals surface area (Å²) < 4.78 is 16.4. The quantitative estimate of drug-likeness (QED) is 0.210. The van der Waals surface area contributed by atoms with Gasteiger partial charge in [-0.15, -0.1) is 0 Å². The van der Waals surface area contributed by atoms with Gasteiger partial charge in [0.2, 0.25) is 0 Å². The highest BCUT2D eigenvalue weighted by molar-refractivity contribution is 5.17. The Balaban J connectivity index is 1.69. The van der Waals surface area contributed by atoms with Crippen molar-refractivity contribution in [2.24, 2.45) is 0 Å². The molecule has 0 spiro atoms. The number of aliphatic hydroxyl groups excluding tert-OH is 8. The molecule has 176 valence electrons. The Labute approximate surface area is 178 Å². The molecule has 2 heterocycles. The van der Waals surface area contributed by atoms with Crippen molar-refractivity contribution in [2.75, 3.05) is 13.2 Å². The van der Waals surface area contributed by atoms with E-state index in [9.17, 15) is 40.9 Å². The third-order valence-corrected chi connectivity index (χ3v) is 5.74. The van der Waals surface area contributed by atoms with Gasteiger partial charge in [-0.1, -0.05) is 30.3 Å². The summed E-state index contributed by atoms with van der Waals surface area (Å²) >= 11 is 0. The van der Waals surface area contributed by atoms with Gasteiger partial charge in [-0.2, -0.15) is 0 Å². The van der Waals surface area contributed by atoms with E-state index in [2.05, 4.69) is 0 Å². The van der Waals surface area contributed by atoms with Gasteiger partial charge in [0.05, 0.1) is 25.4 Å². The first-order valence-electron chi connectivity index (χ1n) is 10.1. The number of rotatable bonds is 7. The summed E-state index contributed by atoms with van der Waals surface area (Å²) in [5.41, 5.74) is 0.591. The average molecular weight is 446 g/mol. The van der Waals surface area contributed by atoms with Gasteiger partial charge in [0, 0.05) is 6.42 Å². The van der Waals surface area contributed by atoms with Crippen LogP contribution in [-0.4, -0.2) is 115 Å². The summed E-state index contributed by atoms with van der Waals surface area (Å²) in [6.07, 6.45) is -15.5. The third-order valence-electron chi connectivity index (χ3n) is 5.74. The molecule has 2 saturated heterocycles. The summed E-state index contributed by atoms with van der Waals surface area (Å²) in [5.74, 6) is 0. The molecular formula is C20H30O11. The molecule has 0 bridgehead atoms. The van der Waals surface area contributed by atoms with Gasteiger partial charge in [-0.3, -0.25) is 0 Å². The number of ether oxygens (including phenoxy) is 3. The normalized spacial score (nSPS) is 42.3. The number of aliphatic hydroxyl groups is 8. The van der Waals surface area contributed by atoms with Gasteiger partial charge in [0.25, 0.3) is 0 Å². The van der Waals surface area contributed by atoms with Gasteiger partial charge in [0.1, 0.15) is 48.8 Å². The van der Waals surface area contributed by atoms with Crippen molar-refractivity contribution in [3.8, 4) is 0 Å². The lowest BCUT2D eigenvalue weighted by atomic mass is 9.90. The van der Waals surface area contributed by atoms with Crippen LogP contribution in [0.25, 0.3) is 0 Å². The molecule has 2 aliphatic heterocycles. The van der Waals surface area contributed by atoms with Crippen molar-refractivity contribution in [1.82, 2.24) is 0 Å². The van der Waals surface area contributed by atoms with Crippen molar-refractivity contribution in [3.63, 3.8) is 0 Å². The van der Waals surface area contributed by atoms with Gasteiger partial charge >= 0.3 is 0 Å². The van der Waals surface area contributed by atoms with Crippen LogP contribution in [0.4, 0.5) is 0 Å². The van der Waals surface area contributed by atoms with Crippen LogP contribution in [0.3, 0.4) is 0 Å². The Morgan fingerprint density at radius 1 is 0.742 bits per heavy atom. The molecule has 11 nitrogen and oxygen atoms in total. The van der Waals surface area contributed by atoms with Crippen LogP contribution in [0.5, 0.6) is 0 Å². The molecule has 0 aliphatic carbocycles. The number of benzene rings is 1. The van der Waals surface area contributed by atoms with E-state index in [0.29, 0.717) is 5.56 Å². The fourth-order valence-corrected chi connectivity index (χ4v) is 3.89. The number of hydrogen-bond donors (Lipinski definition) is 8. The average Bonchev–Trinajstić information content (AvgIpc) is 2.79. The Bertz CT molecular complexity index is 672. The third kappa shape index (κ3) is 5.24. The molecule has 1 aromatic rings. The van der Waals surface area contributed by atoms with E-state index >= 15 is 0 Å². The first-order valence-corrected chi connectivity index (χ1v) is 10.1. The van der Waals surface area contributed by atoms with Crippen molar-refractivity contribution in [3.05, 3.63) is 35.9 Å². The summed E-state index contributed by atoms with van der Waals surface area (Å²) in [5, 5.41) is 80.4. The van der Waals surface area contributed by atoms with Crippen molar-refractivity contribution >= 4 is 0 Å². The SMILES string of the molecule is OC[C@H]1OC(O[C@H]2[C@H](O)[C@@H](O)[C@H](CC(O)c3ccccc3)O[C@@H]2CO)[C@H](O)[C@@H](O)[C@H]1O. The first kappa shape index (κ1) is 24.4. The lowest BCUT2D eigenvalue weighted by Gasteiger charge is -2.46. The first-order chi connectivity index (χ1) is 14.8. The largest absolute Gasteiger partial charge is 0.394 e. The van der Waals surface area contributed by atoms with E-state index in [1.807, 2.05) is 0 Å². The van der Waals surface area contributed by atoms with Crippen LogP contribution in [0, 0.1) is 0 Å². The van der Waals surface area contributed by atoms with Crippen LogP contribution in [-0.2, 0) is 14.2 Å². The standard InChI is InChI=1S/C20H30O11/c21-7-12-15(25)16(26)18(28)20(30-12)31-19-13(8-22)29-11(14(24)17(19)27)6-10(23)9-4-2-1-3-5-9/h1-5,10-28H,6-8H2/t10?,11-,12+,13+,14-,15-,16-,17+,18+,19+,20?/m0/s1. The molecule has 11 atom stereocenters. The minimum atomic E-state index is -1.72. The zero-order chi connectivity index (χ0) is 22.7. The molecule has 3 rings (SSSR count). The zero-order valence-corrected chi connectivity index (χ0v) is 16.7. The monoisotopic (exact) mass is 446 g/mol. The van der Waals surface area contributed by atoms with Crippen LogP contribution in [0.1, 0.15) is 18.1 Å². The Morgan fingerprint density at radius 3 is 1.97 bits per heavy atom. The predicted octanol–water partition coefficient (Wildman–Crippen LogP) is -3.22. The number of hydrogen-bond acceptors (Lipinski definition) is 11. The summed E-state index contributed by atoms with van der Waals surface area (Å²) in [6, 6.07) is 8.67. The maximum absolute atomic E-state index is 10.6. The molecule has 0 radical (unpaired) electrons. The topological polar surface area (TPSA) is 190 Å². The lowest BCUT2D eigenvalue weighted by molar-refractivity contribution is -0.342. The van der Waals surface area contributed by atoms with Gasteiger partial charge < -0.3 is 55.1 Å². The van der Waals surface area contributed by atoms with E-state index in [0.717, 1.165) is 0 Å². The fraction of sp³-hybridized carbons (Fsp3) is 0.700. The molecule has 11 heteroatoms. The van der Waals surface area contributed by atoms with E-state index in [-0.39, 0.29) is 6.42 Å². The second-order valence-corrected chi connectivity index (χ2v) is 7.84. The van der Waals surface area contributed by atoms with Gasteiger partial charge in [0.15, 0.2) is 6.29 Å². The Hall–Kier alpha value is -1.22. The molecule has 8 N–H and O–H groups in total. The summed E-state index contributed by atoms with van der Waals surface area (Å²) in [6.45, 7) is -1.29. The maximum atomic E-state index is 10.6. The summed E-state index contributed by atoms with van der Waals surface area (Å²) in [4.78, 5) is 0. The summed E-state index contributed by atoms with van der Waals surface area (Å²) in [7, 11) is 0. The zero-order valence-electron chi connectivity index (χ0n) is 16.7. The maximum Gasteiger partial charge on any atom is 0.187 e. The predicted molar refractivity (Wildman–Crippen MR) is 102 cm³/mol. The lowest BCUT2D eigenvalue weighted by Crippen LogP contribution is -2.64. The molecule has 1 aromatic carbocycles. The molecule has 0 aromatic heterocycles. The van der Waals surface area contributed by atoms with Gasteiger partial charge in [-0.25, -0.2) is 0 Å². The Morgan fingerprint density at radius 2 is 1.35 bits per heavy atom. The highest BCUT2D eigenvalue weighted by atomic mass is 16.7. The van der Waals surface area contributed by atoms with Crippen molar-refractivity contribution in [1.29, 1.82) is 0 Å². The highest BCUT2D eigenvalue weighted by Gasteiger charge is 2.50. The van der Waals surface area contributed by atoms with E-state index in [1.54, 1.807) is 30.3 Å². The molecule has 2 unspecified atom stereocenters. The van der Waals surface area contributed by atoms with Crippen LogP contribution >= 0.6 is 0 Å². The molecule has 0 amide bonds. The molecule has 2 aliphatic rings. The minimum absolute atomic E-state index is 0.0640. The molecular weight excluding hydrogens is 416 g/mol. The van der Waals surface area contributed by atoms with Crippen LogP contribution in [0.2, 0.25) is 0 Å². The van der Waals surface area contributed by atoms with Crippen LogP contribution in [0.15, 0.2) is 30.3 Å².